The molecule has 0 aliphatic carbocycles. The highest BCUT2D eigenvalue weighted by atomic mass is 32.2. The van der Waals surface area contributed by atoms with E-state index in [2.05, 4.69) is 108 Å². The van der Waals surface area contributed by atoms with Gasteiger partial charge < -0.3 is 4.74 Å². The van der Waals surface area contributed by atoms with Gasteiger partial charge in [-0.15, -0.1) is 23.5 Å². The predicted molar refractivity (Wildman–Crippen MR) is 173 cm³/mol. The van der Waals surface area contributed by atoms with Crippen LogP contribution in [-0.4, -0.2) is 31.6 Å². The molecule has 0 radical (unpaired) electrons. The van der Waals surface area contributed by atoms with Crippen molar-refractivity contribution in [1.29, 1.82) is 0 Å². The second-order valence-electron chi connectivity index (χ2n) is 11.2. The van der Waals surface area contributed by atoms with Gasteiger partial charge in [-0.1, -0.05) is 81.4 Å². The van der Waals surface area contributed by atoms with Crippen LogP contribution in [0.2, 0.25) is 0 Å². The number of thioether (sulfide) groups is 2. The summed E-state index contributed by atoms with van der Waals surface area (Å²) in [6.45, 7) is 25.7. The normalized spacial score (nSPS) is 11.1. The summed E-state index contributed by atoms with van der Waals surface area (Å²) in [6.07, 6.45) is 5.82. The Balaban J connectivity index is 0.000000292. The Hall–Kier alpha value is -2.05. The van der Waals surface area contributed by atoms with E-state index in [-0.39, 0.29) is 6.10 Å². The van der Waals surface area contributed by atoms with E-state index in [1.165, 1.54) is 10.5 Å². The molecule has 0 N–H and O–H groups in total. The molecule has 2 aromatic heterocycles. The van der Waals surface area contributed by atoms with Gasteiger partial charge in [0.15, 0.2) is 0 Å². The lowest BCUT2D eigenvalue weighted by Crippen LogP contribution is -2.06. The van der Waals surface area contributed by atoms with Gasteiger partial charge >= 0.3 is 0 Å². The zero-order valence-corrected chi connectivity index (χ0v) is 27.9. The number of rotatable bonds is 9. The summed E-state index contributed by atoms with van der Waals surface area (Å²) < 4.78 is 5.49. The predicted octanol–water partition coefficient (Wildman–Crippen LogP) is 10.4. The molecule has 1 aromatic carbocycles. The molecule has 0 amide bonds. The van der Waals surface area contributed by atoms with Gasteiger partial charge in [-0.2, -0.15) is 0 Å². The van der Waals surface area contributed by atoms with E-state index in [4.69, 9.17) is 4.74 Å². The van der Waals surface area contributed by atoms with Crippen molar-refractivity contribution < 1.29 is 4.74 Å². The van der Waals surface area contributed by atoms with Crippen LogP contribution in [0.25, 0.3) is 0 Å². The first-order chi connectivity index (χ1) is 18.3. The molecule has 0 spiro atoms. The summed E-state index contributed by atoms with van der Waals surface area (Å²) in [5.41, 5.74) is 2.53. The molecule has 0 unspecified atom stereocenters. The monoisotopic (exact) mass is 569 g/mol. The maximum Gasteiger partial charge on any atom is 0.137 e. The van der Waals surface area contributed by atoms with Crippen LogP contribution in [0.3, 0.4) is 0 Å². The van der Waals surface area contributed by atoms with Crippen molar-refractivity contribution in [2.75, 3.05) is 0 Å². The fraction of sp³-hybridized carbons (Fsp3) is 0.545. The average Bonchev–Trinajstić information content (AvgIpc) is 2.85. The molecule has 2 heterocycles. The highest BCUT2D eigenvalue weighted by molar-refractivity contribution is 8.00. The van der Waals surface area contributed by atoms with Crippen LogP contribution in [0.4, 0.5) is 0 Å². The number of nitrogens with zero attached hydrogens (tertiary/aromatic N) is 3. The molecule has 6 heteroatoms. The highest BCUT2D eigenvalue weighted by Crippen LogP contribution is 2.25. The van der Waals surface area contributed by atoms with E-state index >= 15 is 0 Å². The van der Waals surface area contributed by atoms with Crippen molar-refractivity contribution in [3.05, 3.63) is 72.1 Å². The summed E-state index contributed by atoms with van der Waals surface area (Å²) >= 11 is 3.71. The van der Waals surface area contributed by atoms with Gasteiger partial charge in [0.05, 0.1) is 12.3 Å². The minimum Gasteiger partial charge on any atom is -0.489 e. The molecule has 0 saturated carbocycles. The Morgan fingerprint density at radius 2 is 1.08 bits per heavy atom. The lowest BCUT2D eigenvalue weighted by molar-refractivity contribution is 0.241. The summed E-state index contributed by atoms with van der Waals surface area (Å²) in [5, 5.41) is 1.26. The van der Waals surface area contributed by atoms with Gasteiger partial charge in [-0.05, 0) is 55.5 Å². The lowest BCUT2D eigenvalue weighted by atomic mass is 10.0. The van der Waals surface area contributed by atoms with Crippen molar-refractivity contribution in [2.45, 2.75) is 127 Å². The van der Waals surface area contributed by atoms with Crippen molar-refractivity contribution in [1.82, 2.24) is 15.0 Å². The molecule has 39 heavy (non-hydrogen) atoms. The van der Waals surface area contributed by atoms with E-state index in [0.717, 1.165) is 22.2 Å². The van der Waals surface area contributed by atoms with Crippen molar-refractivity contribution in [3.63, 3.8) is 0 Å². The molecule has 3 aromatic rings. The highest BCUT2D eigenvalue weighted by Gasteiger charge is 2.04. The molecule has 4 nitrogen and oxygen atoms in total. The average molecular weight is 570 g/mol. The molecule has 216 valence electrons. The van der Waals surface area contributed by atoms with Crippen LogP contribution >= 0.6 is 23.5 Å². The fourth-order valence-corrected chi connectivity index (χ4v) is 4.84. The molecule has 0 atom stereocenters. The van der Waals surface area contributed by atoms with Crippen molar-refractivity contribution >= 4 is 23.5 Å². The van der Waals surface area contributed by atoms with Gasteiger partial charge in [-0.25, -0.2) is 9.97 Å². The number of pyridine rings is 1. The summed E-state index contributed by atoms with van der Waals surface area (Å²) in [7, 11) is 0. The Labute approximate surface area is 247 Å². The van der Waals surface area contributed by atoms with Crippen LogP contribution in [0, 0.1) is 0 Å². The van der Waals surface area contributed by atoms with Crippen LogP contribution in [-0.2, 0) is 0 Å². The largest absolute Gasteiger partial charge is 0.489 e. The molecular formula is C33H51N3OS2. The molecule has 0 fully saturated rings. The van der Waals surface area contributed by atoms with Gasteiger partial charge in [-0.3, -0.25) is 4.98 Å². The molecule has 0 aliphatic rings. The van der Waals surface area contributed by atoms with Gasteiger partial charge in [0.25, 0.3) is 0 Å². The first-order valence-corrected chi connectivity index (χ1v) is 15.9. The van der Waals surface area contributed by atoms with E-state index in [1.807, 2.05) is 50.1 Å². The zero-order valence-electron chi connectivity index (χ0n) is 26.2. The SMILES string of the molecule is CC(C)Oc1ccc(C(C)C)nc1.CC(C)Sc1ccc(C(C)C)cc1.CC(C)Sc1cnc(C(C)C)nc1. The topological polar surface area (TPSA) is 47.9 Å². The van der Waals surface area contributed by atoms with Gasteiger partial charge in [0.2, 0.25) is 0 Å². The summed E-state index contributed by atoms with van der Waals surface area (Å²) in [5.74, 6) is 3.30. The van der Waals surface area contributed by atoms with E-state index in [0.29, 0.717) is 28.3 Å². The second kappa shape index (κ2) is 18.3. The van der Waals surface area contributed by atoms with Gasteiger partial charge in [0, 0.05) is 44.3 Å². The van der Waals surface area contributed by atoms with Crippen molar-refractivity contribution in [2.24, 2.45) is 0 Å². The molecule has 0 aliphatic heterocycles. The van der Waals surface area contributed by atoms with Crippen LogP contribution in [0.1, 0.15) is 118 Å². The van der Waals surface area contributed by atoms with Crippen molar-refractivity contribution in [3.8, 4) is 5.75 Å². The number of benzene rings is 1. The fourth-order valence-electron chi connectivity index (χ4n) is 3.24. The Morgan fingerprint density at radius 1 is 0.538 bits per heavy atom. The third-order valence-corrected chi connectivity index (χ3v) is 7.15. The quantitative estimate of drug-likeness (QED) is 0.239. The Kier molecular flexibility index (Phi) is 16.4. The van der Waals surface area contributed by atoms with E-state index in [1.54, 1.807) is 18.0 Å². The molecule has 0 bridgehead atoms. The molecular weight excluding hydrogens is 519 g/mol. The number of aromatic nitrogens is 3. The van der Waals surface area contributed by atoms with E-state index < -0.39 is 0 Å². The third kappa shape index (κ3) is 15.4. The Morgan fingerprint density at radius 3 is 1.46 bits per heavy atom. The number of hydrogen-bond acceptors (Lipinski definition) is 6. The lowest BCUT2D eigenvalue weighted by Gasteiger charge is -2.10. The Bertz CT molecular complexity index is 893. The summed E-state index contributed by atoms with van der Waals surface area (Å²) in [4.78, 5) is 15.4. The zero-order chi connectivity index (χ0) is 29.5. The van der Waals surface area contributed by atoms with Crippen LogP contribution < -0.4 is 4.74 Å². The third-order valence-electron chi connectivity index (χ3n) is 5.18. The first-order valence-electron chi connectivity index (χ1n) is 14.2. The second-order valence-corrected chi connectivity index (χ2v) is 14.5. The number of ether oxygens (including phenoxy) is 1. The maximum absolute atomic E-state index is 5.49. The molecule has 3 rings (SSSR count). The minimum atomic E-state index is 0.215. The molecule has 0 saturated heterocycles. The summed E-state index contributed by atoms with van der Waals surface area (Å²) in [6, 6.07) is 12.9. The standard InChI is InChI=1S/C12H18S.C11H17NO.C10H16N2S/c1-9(2)11-5-7-12(8-6-11)13-10(3)4;1-8(2)11-6-5-10(7-12-11)13-9(3)4;1-7(2)10-11-5-9(6-12-10)13-8(3)4/h5-10H,1-4H3;5-9H,1-4H3;5-8H,1-4H3. The smallest absolute Gasteiger partial charge is 0.137 e. The van der Waals surface area contributed by atoms with E-state index in [9.17, 15) is 0 Å². The minimum absolute atomic E-state index is 0.215. The van der Waals surface area contributed by atoms with Crippen LogP contribution in [0.5, 0.6) is 5.75 Å². The number of hydrogen-bond donors (Lipinski definition) is 0. The van der Waals surface area contributed by atoms with Gasteiger partial charge in [0.1, 0.15) is 11.6 Å². The van der Waals surface area contributed by atoms with Crippen LogP contribution in [0.15, 0.2) is 64.8 Å². The maximum atomic E-state index is 5.49. The first kappa shape index (κ1) is 35.0.